The van der Waals surface area contributed by atoms with Crippen LogP contribution in [0.5, 0.6) is 5.75 Å². The molecule has 6 nitrogen and oxygen atoms in total. The molecule has 0 bridgehead atoms. The Hall–Kier alpha value is -2.55. The summed E-state index contributed by atoms with van der Waals surface area (Å²) in [5.41, 5.74) is 0.386. The number of esters is 1. The van der Waals surface area contributed by atoms with E-state index in [9.17, 15) is 14.9 Å². The minimum Gasteiger partial charge on any atom is -0.495 e. The SMILES string of the molecule is CNC(=O)c1cc(C2(C#N)CCCC2)cc(C(=O)OC)c1OC. The fourth-order valence-electron chi connectivity index (χ4n) is 3.13. The summed E-state index contributed by atoms with van der Waals surface area (Å²) in [6.45, 7) is 0. The lowest BCUT2D eigenvalue weighted by Gasteiger charge is -2.23. The van der Waals surface area contributed by atoms with Gasteiger partial charge in [0.25, 0.3) is 5.91 Å². The highest BCUT2D eigenvalue weighted by Crippen LogP contribution is 2.42. The highest BCUT2D eigenvalue weighted by Gasteiger charge is 2.38. The third-order valence-corrected chi connectivity index (χ3v) is 4.39. The molecule has 0 aliphatic heterocycles. The lowest BCUT2D eigenvalue weighted by molar-refractivity contribution is 0.0597. The second-order valence-corrected chi connectivity index (χ2v) is 5.58. The number of carbonyl (C=O) groups is 2. The number of hydrogen-bond acceptors (Lipinski definition) is 5. The van der Waals surface area contributed by atoms with Crippen LogP contribution < -0.4 is 10.1 Å². The van der Waals surface area contributed by atoms with E-state index in [2.05, 4.69) is 11.4 Å². The maximum atomic E-state index is 12.2. The van der Waals surface area contributed by atoms with Crippen LogP contribution in [-0.4, -0.2) is 33.1 Å². The summed E-state index contributed by atoms with van der Waals surface area (Å²) >= 11 is 0. The zero-order valence-electron chi connectivity index (χ0n) is 13.6. The molecule has 6 heteroatoms. The number of ether oxygens (including phenoxy) is 2. The average molecular weight is 316 g/mol. The zero-order chi connectivity index (χ0) is 17.0. The van der Waals surface area contributed by atoms with Gasteiger partial charge in [0.1, 0.15) is 11.3 Å². The van der Waals surface area contributed by atoms with Gasteiger partial charge < -0.3 is 14.8 Å². The Morgan fingerprint density at radius 1 is 1.22 bits per heavy atom. The molecule has 1 aliphatic carbocycles. The number of nitriles is 1. The predicted octanol–water partition coefficient (Wildman–Crippen LogP) is 2.18. The first-order valence-corrected chi connectivity index (χ1v) is 7.47. The minimum absolute atomic E-state index is 0.158. The Bertz CT molecular complexity index is 633. The standard InChI is InChI=1S/C17H20N2O4/c1-19-15(20)12-8-11(17(10-18)6-4-5-7-17)9-13(14(12)22-2)16(21)23-3/h8-9H,4-7H2,1-3H3,(H,19,20). The largest absolute Gasteiger partial charge is 0.495 e. The quantitative estimate of drug-likeness (QED) is 0.860. The molecule has 1 aromatic carbocycles. The Kier molecular flexibility index (Phi) is 4.89. The van der Waals surface area contributed by atoms with E-state index >= 15 is 0 Å². The van der Waals surface area contributed by atoms with Crippen LogP contribution in [0.15, 0.2) is 12.1 Å². The van der Waals surface area contributed by atoms with Crippen molar-refractivity contribution in [2.75, 3.05) is 21.3 Å². The molecular formula is C17H20N2O4. The normalized spacial score (nSPS) is 15.6. The number of benzene rings is 1. The Morgan fingerprint density at radius 2 is 1.83 bits per heavy atom. The first kappa shape index (κ1) is 16.8. The average Bonchev–Trinajstić information content (AvgIpc) is 3.09. The van der Waals surface area contributed by atoms with Gasteiger partial charge in [-0.25, -0.2) is 4.79 Å². The van der Waals surface area contributed by atoms with Crippen LogP contribution in [0.4, 0.5) is 0 Å². The van der Waals surface area contributed by atoms with Gasteiger partial charge in [-0.1, -0.05) is 12.8 Å². The number of rotatable bonds is 4. The lowest BCUT2D eigenvalue weighted by atomic mass is 9.79. The number of nitrogens with one attached hydrogen (secondary N) is 1. The van der Waals surface area contributed by atoms with Crippen LogP contribution in [0.2, 0.25) is 0 Å². The number of hydrogen-bond donors (Lipinski definition) is 1. The first-order valence-electron chi connectivity index (χ1n) is 7.47. The molecule has 0 spiro atoms. The van der Waals surface area contributed by atoms with Crippen LogP contribution in [0.3, 0.4) is 0 Å². The van der Waals surface area contributed by atoms with Crippen LogP contribution in [0.1, 0.15) is 52.0 Å². The summed E-state index contributed by atoms with van der Waals surface area (Å²) in [5, 5.41) is 12.2. The smallest absolute Gasteiger partial charge is 0.341 e. The van der Waals surface area contributed by atoms with Gasteiger partial charge in [-0.05, 0) is 30.5 Å². The molecule has 0 atom stereocenters. The number of amides is 1. The van der Waals surface area contributed by atoms with Crippen LogP contribution >= 0.6 is 0 Å². The molecule has 122 valence electrons. The summed E-state index contributed by atoms with van der Waals surface area (Å²) in [6, 6.07) is 5.64. The summed E-state index contributed by atoms with van der Waals surface area (Å²) in [6.07, 6.45) is 3.32. The third-order valence-electron chi connectivity index (χ3n) is 4.39. The first-order chi connectivity index (χ1) is 11.0. The van der Waals surface area contributed by atoms with Gasteiger partial charge >= 0.3 is 5.97 Å². The predicted molar refractivity (Wildman–Crippen MR) is 83.5 cm³/mol. The molecule has 1 amide bonds. The molecule has 2 rings (SSSR count). The molecule has 1 fully saturated rings. The van der Waals surface area contributed by atoms with Crippen LogP contribution in [0, 0.1) is 11.3 Å². The summed E-state index contributed by atoms with van der Waals surface area (Å²) < 4.78 is 10.1. The topological polar surface area (TPSA) is 88.4 Å². The van der Waals surface area contributed by atoms with E-state index in [1.165, 1.54) is 21.3 Å². The van der Waals surface area contributed by atoms with Gasteiger partial charge in [0, 0.05) is 7.05 Å². The highest BCUT2D eigenvalue weighted by molar-refractivity contribution is 6.02. The van der Waals surface area contributed by atoms with Gasteiger partial charge in [-0.15, -0.1) is 0 Å². The second-order valence-electron chi connectivity index (χ2n) is 5.58. The summed E-state index contributed by atoms with van der Waals surface area (Å²) in [5.74, 6) is -0.814. The van der Waals surface area contributed by atoms with Crippen molar-refractivity contribution >= 4 is 11.9 Å². The van der Waals surface area contributed by atoms with E-state index < -0.39 is 11.4 Å². The zero-order valence-corrected chi connectivity index (χ0v) is 13.6. The summed E-state index contributed by atoms with van der Waals surface area (Å²) in [7, 11) is 4.16. The van der Waals surface area contributed by atoms with Crippen molar-refractivity contribution in [3.05, 3.63) is 28.8 Å². The van der Waals surface area contributed by atoms with Crippen molar-refractivity contribution in [3.8, 4) is 11.8 Å². The number of methoxy groups -OCH3 is 2. The van der Waals surface area contributed by atoms with Crippen LogP contribution in [-0.2, 0) is 10.2 Å². The van der Waals surface area contributed by atoms with E-state index in [4.69, 9.17) is 9.47 Å². The van der Waals surface area contributed by atoms with E-state index in [1.807, 2.05) is 0 Å². The molecular weight excluding hydrogens is 296 g/mol. The number of carbonyl (C=O) groups excluding carboxylic acids is 2. The van der Waals surface area contributed by atoms with Gasteiger partial charge in [-0.2, -0.15) is 5.26 Å². The molecule has 1 aliphatic rings. The maximum absolute atomic E-state index is 12.2. The molecule has 0 aromatic heterocycles. The van der Waals surface area contributed by atoms with E-state index in [-0.39, 0.29) is 22.8 Å². The Balaban J connectivity index is 2.72. The Labute approximate surface area is 135 Å². The Morgan fingerprint density at radius 3 is 2.30 bits per heavy atom. The fraction of sp³-hybridized carbons (Fsp3) is 0.471. The third kappa shape index (κ3) is 2.87. The van der Waals surface area contributed by atoms with Gasteiger partial charge in [0.2, 0.25) is 0 Å². The summed E-state index contributed by atoms with van der Waals surface area (Å²) in [4.78, 5) is 24.3. The number of nitrogens with zero attached hydrogens (tertiary/aromatic N) is 1. The minimum atomic E-state index is -0.669. The van der Waals surface area contributed by atoms with Gasteiger partial charge in [0.05, 0.1) is 31.3 Å². The molecule has 23 heavy (non-hydrogen) atoms. The van der Waals surface area contributed by atoms with Crippen LogP contribution in [0.25, 0.3) is 0 Å². The van der Waals surface area contributed by atoms with E-state index in [1.54, 1.807) is 12.1 Å². The van der Waals surface area contributed by atoms with Crippen molar-refractivity contribution in [3.63, 3.8) is 0 Å². The monoisotopic (exact) mass is 316 g/mol. The highest BCUT2D eigenvalue weighted by atomic mass is 16.5. The fourth-order valence-corrected chi connectivity index (χ4v) is 3.13. The van der Waals surface area contributed by atoms with Crippen molar-refractivity contribution in [2.24, 2.45) is 0 Å². The molecule has 1 N–H and O–H groups in total. The second kappa shape index (κ2) is 6.69. The van der Waals surface area contributed by atoms with Gasteiger partial charge in [0.15, 0.2) is 0 Å². The van der Waals surface area contributed by atoms with Crippen molar-refractivity contribution in [1.29, 1.82) is 5.26 Å². The van der Waals surface area contributed by atoms with E-state index in [0.29, 0.717) is 18.4 Å². The molecule has 0 saturated heterocycles. The lowest BCUT2D eigenvalue weighted by Crippen LogP contribution is -2.24. The molecule has 1 aromatic rings. The maximum Gasteiger partial charge on any atom is 0.341 e. The van der Waals surface area contributed by atoms with Crippen molar-refractivity contribution < 1.29 is 19.1 Å². The van der Waals surface area contributed by atoms with Gasteiger partial charge in [-0.3, -0.25) is 4.79 Å². The molecule has 0 radical (unpaired) electrons. The van der Waals surface area contributed by atoms with E-state index in [0.717, 1.165) is 12.8 Å². The molecule has 0 heterocycles. The molecule has 1 saturated carbocycles. The molecule has 0 unspecified atom stereocenters. The van der Waals surface area contributed by atoms with Crippen molar-refractivity contribution in [1.82, 2.24) is 5.32 Å². The van der Waals surface area contributed by atoms with Crippen molar-refractivity contribution in [2.45, 2.75) is 31.1 Å².